The van der Waals surface area contributed by atoms with Crippen LogP contribution in [0.1, 0.15) is 39.5 Å². The smallest absolute Gasteiger partial charge is 0.246 e. The van der Waals surface area contributed by atoms with Gasteiger partial charge in [0.15, 0.2) is 0 Å². The van der Waals surface area contributed by atoms with Crippen LogP contribution in [-0.2, 0) is 9.53 Å². The first kappa shape index (κ1) is 13.8. The lowest BCUT2D eigenvalue weighted by molar-refractivity contribution is -0.149. The van der Waals surface area contributed by atoms with Crippen molar-refractivity contribution in [3.63, 3.8) is 0 Å². The molecular formula is C14H26N2O2. The van der Waals surface area contributed by atoms with Crippen molar-refractivity contribution in [1.82, 2.24) is 10.2 Å². The molecule has 2 aliphatic rings. The maximum atomic E-state index is 11.1. The Bertz CT molecular complexity index is 284. The van der Waals surface area contributed by atoms with Gasteiger partial charge in [-0.05, 0) is 38.6 Å². The molecule has 104 valence electrons. The molecule has 1 aliphatic heterocycles. The summed E-state index contributed by atoms with van der Waals surface area (Å²) in [5.41, 5.74) is -0.0664. The van der Waals surface area contributed by atoms with Crippen LogP contribution in [0, 0.1) is 5.92 Å². The van der Waals surface area contributed by atoms with Crippen molar-refractivity contribution >= 4 is 5.91 Å². The van der Waals surface area contributed by atoms with Gasteiger partial charge in [0.25, 0.3) is 0 Å². The first-order valence-corrected chi connectivity index (χ1v) is 7.12. The molecular weight excluding hydrogens is 228 g/mol. The first-order chi connectivity index (χ1) is 8.51. The Kier molecular flexibility index (Phi) is 4.28. The van der Waals surface area contributed by atoms with E-state index >= 15 is 0 Å². The molecule has 1 spiro atoms. The number of carbonyl (C=O) groups is 1. The third-order valence-electron chi connectivity index (χ3n) is 4.26. The van der Waals surface area contributed by atoms with E-state index in [1.165, 1.54) is 12.8 Å². The van der Waals surface area contributed by atoms with E-state index < -0.39 is 0 Å². The molecule has 2 fully saturated rings. The maximum absolute atomic E-state index is 11.1. The minimum atomic E-state index is -0.0664. The van der Waals surface area contributed by atoms with Crippen LogP contribution in [0.4, 0.5) is 0 Å². The topological polar surface area (TPSA) is 41.6 Å². The van der Waals surface area contributed by atoms with Crippen molar-refractivity contribution in [2.45, 2.75) is 51.2 Å². The molecule has 4 heteroatoms. The highest BCUT2D eigenvalue weighted by molar-refractivity contribution is 5.78. The molecule has 2 rings (SSSR count). The molecule has 18 heavy (non-hydrogen) atoms. The van der Waals surface area contributed by atoms with E-state index in [0.29, 0.717) is 12.6 Å². The number of nitrogens with zero attached hydrogens (tertiary/aromatic N) is 1. The zero-order valence-electron chi connectivity index (χ0n) is 11.9. The first-order valence-electron chi connectivity index (χ1n) is 7.12. The quantitative estimate of drug-likeness (QED) is 0.828. The molecule has 0 bridgehead atoms. The molecule has 0 radical (unpaired) electrons. The number of nitrogens with one attached hydrogen (secondary N) is 1. The average molecular weight is 254 g/mol. The van der Waals surface area contributed by atoms with Crippen molar-refractivity contribution in [3.8, 4) is 0 Å². The van der Waals surface area contributed by atoms with Crippen molar-refractivity contribution in [2.75, 3.05) is 26.7 Å². The van der Waals surface area contributed by atoms with E-state index in [9.17, 15) is 4.79 Å². The van der Waals surface area contributed by atoms with E-state index in [0.717, 1.165) is 25.3 Å². The van der Waals surface area contributed by atoms with Crippen LogP contribution >= 0.6 is 0 Å². The van der Waals surface area contributed by atoms with Gasteiger partial charge in [-0.1, -0.05) is 13.8 Å². The Balaban J connectivity index is 1.82. The molecule has 4 nitrogen and oxygen atoms in total. The SMILES string of the molecule is CC(C)CN(C)C1CCC2(CC1)CNC(=O)CO2. The molecule has 1 N–H and O–H groups in total. The number of carbonyl (C=O) groups excluding carboxylic acids is 1. The summed E-state index contributed by atoms with van der Waals surface area (Å²) in [5.74, 6) is 0.746. The van der Waals surface area contributed by atoms with Gasteiger partial charge in [-0.25, -0.2) is 0 Å². The minimum absolute atomic E-state index is 0.0275. The summed E-state index contributed by atoms with van der Waals surface area (Å²) < 4.78 is 5.80. The Labute approximate surface area is 110 Å². The average Bonchev–Trinajstić information content (AvgIpc) is 2.33. The number of hydrogen-bond donors (Lipinski definition) is 1. The van der Waals surface area contributed by atoms with Gasteiger partial charge >= 0.3 is 0 Å². The highest BCUT2D eigenvalue weighted by Crippen LogP contribution is 2.34. The molecule has 1 saturated carbocycles. The molecule has 0 aromatic heterocycles. The largest absolute Gasteiger partial charge is 0.363 e. The highest BCUT2D eigenvalue weighted by atomic mass is 16.5. The van der Waals surface area contributed by atoms with Gasteiger partial charge in [-0.2, -0.15) is 0 Å². The van der Waals surface area contributed by atoms with Crippen LogP contribution in [-0.4, -0.2) is 49.2 Å². The molecule has 0 atom stereocenters. The Hall–Kier alpha value is -0.610. The summed E-state index contributed by atoms with van der Waals surface area (Å²) in [7, 11) is 2.23. The predicted octanol–water partition coefficient (Wildman–Crippen LogP) is 1.40. The fourth-order valence-electron chi connectivity index (χ4n) is 3.20. The third-order valence-corrected chi connectivity index (χ3v) is 4.26. The second-order valence-electron chi connectivity index (χ2n) is 6.31. The molecule has 1 amide bonds. The van der Waals surface area contributed by atoms with Gasteiger partial charge < -0.3 is 15.0 Å². The minimum Gasteiger partial charge on any atom is -0.363 e. The van der Waals surface area contributed by atoms with Gasteiger partial charge in [0.1, 0.15) is 6.61 Å². The number of ether oxygens (including phenoxy) is 1. The number of hydrogen-bond acceptors (Lipinski definition) is 3. The standard InChI is InChI=1S/C14H26N2O2/c1-11(2)8-16(3)12-4-6-14(7-5-12)10-15-13(17)9-18-14/h11-12H,4-10H2,1-3H3,(H,15,17). The van der Waals surface area contributed by atoms with Gasteiger partial charge in [-0.15, -0.1) is 0 Å². The Morgan fingerprint density at radius 1 is 1.44 bits per heavy atom. The van der Waals surface area contributed by atoms with Gasteiger partial charge in [0, 0.05) is 19.1 Å². The number of amides is 1. The van der Waals surface area contributed by atoms with Crippen LogP contribution in [0.15, 0.2) is 0 Å². The van der Waals surface area contributed by atoms with E-state index in [1.807, 2.05) is 0 Å². The van der Waals surface area contributed by atoms with Crippen LogP contribution in [0.25, 0.3) is 0 Å². The van der Waals surface area contributed by atoms with Crippen molar-refractivity contribution in [1.29, 1.82) is 0 Å². The predicted molar refractivity (Wildman–Crippen MR) is 71.4 cm³/mol. The fraction of sp³-hybridized carbons (Fsp3) is 0.929. The zero-order chi connectivity index (χ0) is 13.2. The molecule has 1 saturated heterocycles. The zero-order valence-corrected chi connectivity index (χ0v) is 11.9. The van der Waals surface area contributed by atoms with Gasteiger partial charge in [0.2, 0.25) is 5.91 Å². The molecule has 1 aliphatic carbocycles. The lowest BCUT2D eigenvalue weighted by atomic mass is 9.80. The van der Waals surface area contributed by atoms with Crippen molar-refractivity contribution < 1.29 is 9.53 Å². The van der Waals surface area contributed by atoms with Gasteiger partial charge in [0.05, 0.1) is 5.60 Å². The van der Waals surface area contributed by atoms with Crippen LogP contribution in [0.2, 0.25) is 0 Å². The highest BCUT2D eigenvalue weighted by Gasteiger charge is 2.40. The van der Waals surface area contributed by atoms with Crippen LogP contribution in [0.5, 0.6) is 0 Å². The van der Waals surface area contributed by atoms with E-state index in [4.69, 9.17) is 4.74 Å². The lowest BCUT2D eigenvalue weighted by Crippen LogP contribution is -2.55. The normalized spacial score (nSPS) is 33.2. The summed E-state index contributed by atoms with van der Waals surface area (Å²) in [6, 6.07) is 0.680. The van der Waals surface area contributed by atoms with Crippen molar-refractivity contribution in [3.05, 3.63) is 0 Å². The van der Waals surface area contributed by atoms with E-state index in [1.54, 1.807) is 0 Å². The maximum Gasteiger partial charge on any atom is 0.246 e. The van der Waals surface area contributed by atoms with Crippen LogP contribution < -0.4 is 5.32 Å². The summed E-state index contributed by atoms with van der Waals surface area (Å²) in [6.07, 6.45) is 4.50. The monoisotopic (exact) mass is 254 g/mol. The Morgan fingerprint density at radius 3 is 2.61 bits per heavy atom. The fourth-order valence-corrected chi connectivity index (χ4v) is 3.20. The molecule has 0 unspecified atom stereocenters. The van der Waals surface area contributed by atoms with E-state index in [-0.39, 0.29) is 18.1 Å². The number of morpholine rings is 1. The lowest BCUT2D eigenvalue weighted by Gasteiger charge is -2.44. The molecule has 0 aromatic carbocycles. The summed E-state index contributed by atoms with van der Waals surface area (Å²) in [4.78, 5) is 13.6. The summed E-state index contributed by atoms with van der Waals surface area (Å²) in [6.45, 7) is 6.63. The molecule has 1 heterocycles. The number of rotatable bonds is 3. The second kappa shape index (κ2) is 5.57. The van der Waals surface area contributed by atoms with Gasteiger partial charge in [-0.3, -0.25) is 4.79 Å². The van der Waals surface area contributed by atoms with Crippen LogP contribution in [0.3, 0.4) is 0 Å². The van der Waals surface area contributed by atoms with Crippen molar-refractivity contribution in [2.24, 2.45) is 5.92 Å². The van der Waals surface area contributed by atoms with E-state index in [2.05, 4.69) is 31.1 Å². The second-order valence-corrected chi connectivity index (χ2v) is 6.31. The third kappa shape index (κ3) is 3.23. The molecule has 0 aromatic rings. The summed E-state index contributed by atoms with van der Waals surface area (Å²) in [5, 5.41) is 2.94. The Morgan fingerprint density at radius 2 is 2.11 bits per heavy atom. The summed E-state index contributed by atoms with van der Waals surface area (Å²) >= 11 is 0.